The van der Waals surface area contributed by atoms with E-state index in [0.29, 0.717) is 31.8 Å². The van der Waals surface area contributed by atoms with Crippen molar-refractivity contribution in [3.8, 4) is 0 Å². The molecule has 2 aromatic rings. The van der Waals surface area contributed by atoms with Gasteiger partial charge in [0.15, 0.2) is 0 Å². The van der Waals surface area contributed by atoms with E-state index in [1.807, 2.05) is 24.0 Å². The number of benzene rings is 1. The summed E-state index contributed by atoms with van der Waals surface area (Å²) < 4.78 is 5.85. The first kappa shape index (κ1) is 17.0. The summed E-state index contributed by atoms with van der Waals surface area (Å²) in [6.45, 7) is 3.59. The van der Waals surface area contributed by atoms with E-state index >= 15 is 0 Å². The topological polar surface area (TPSA) is 68.5 Å². The number of anilines is 1. The van der Waals surface area contributed by atoms with Crippen LogP contribution in [0, 0.1) is 6.92 Å². The van der Waals surface area contributed by atoms with Gasteiger partial charge in [0.2, 0.25) is 5.91 Å². The molecule has 1 aromatic carbocycles. The number of pyridine rings is 1. The molecule has 1 aromatic heterocycles. The Kier molecular flexibility index (Phi) is 4.64. The summed E-state index contributed by atoms with van der Waals surface area (Å²) in [6.07, 6.45) is 3.77. The summed E-state index contributed by atoms with van der Waals surface area (Å²) in [5.74, 6) is 0.150. The fraction of sp³-hybridized carbons (Fsp3) is 0.429. The van der Waals surface area contributed by atoms with Gasteiger partial charge in [-0.15, -0.1) is 0 Å². The summed E-state index contributed by atoms with van der Waals surface area (Å²) in [7, 11) is 0. The second-order valence-electron chi connectivity index (χ2n) is 7.30. The lowest BCUT2D eigenvalue weighted by molar-refractivity contribution is -0.138. The molecule has 26 heavy (non-hydrogen) atoms. The number of nitrogens with two attached hydrogens (primary N) is 1. The monoisotopic (exact) mass is 351 g/mol. The van der Waals surface area contributed by atoms with Crippen LogP contribution in [0.4, 0.5) is 5.69 Å². The highest BCUT2D eigenvalue weighted by Gasteiger charge is 2.27. The van der Waals surface area contributed by atoms with Gasteiger partial charge in [-0.25, -0.2) is 0 Å². The van der Waals surface area contributed by atoms with E-state index in [9.17, 15) is 4.79 Å². The first-order valence-electron chi connectivity index (χ1n) is 9.32. The molecule has 1 amide bonds. The van der Waals surface area contributed by atoms with Crippen molar-refractivity contribution >= 4 is 11.6 Å². The van der Waals surface area contributed by atoms with E-state index in [1.54, 1.807) is 0 Å². The number of carbonyl (C=O) groups is 1. The second-order valence-corrected chi connectivity index (χ2v) is 7.30. The van der Waals surface area contributed by atoms with E-state index in [-0.39, 0.29) is 12.0 Å². The van der Waals surface area contributed by atoms with E-state index in [1.165, 1.54) is 24.0 Å². The largest absolute Gasteiger partial charge is 0.399 e. The molecular weight excluding hydrogens is 326 g/mol. The molecule has 5 nitrogen and oxygen atoms in total. The van der Waals surface area contributed by atoms with Gasteiger partial charge in [-0.1, -0.05) is 18.2 Å². The molecule has 4 rings (SSSR count). The molecule has 2 heterocycles. The van der Waals surface area contributed by atoms with Crippen molar-refractivity contribution in [1.82, 2.24) is 9.88 Å². The zero-order valence-electron chi connectivity index (χ0n) is 15.2. The van der Waals surface area contributed by atoms with Crippen LogP contribution >= 0.6 is 0 Å². The van der Waals surface area contributed by atoms with Crippen molar-refractivity contribution in [2.45, 2.75) is 38.7 Å². The predicted molar refractivity (Wildman–Crippen MR) is 101 cm³/mol. The van der Waals surface area contributed by atoms with Crippen LogP contribution in [0.5, 0.6) is 0 Å². The van der Waals surface area contributed by atoms with Crippen LogP contribution in [0.25, 0.3) is 0 Å². The minimum Gasteiger partial charge on any atom is -0.399 e. The van der Waals surface area contributed by atoms with E-state index in [2.05, 4.69) is 23.2 Å². The Bertz CT molecular complexity index is 814. The number of morpholine rings is 1. The third kappa shape index (κ3) is 3.58. The fourth-order valence-corrected chi connectivity index (χ4v) is 3.96. The van der Waals surface area contributed by atoms with Crippen molar-refractivity contribution in [3.63, 3.8) is 0 Å². The quantitative estimate of drug-likeness (QED) is 0.923. The number of nitrogens with zero attached hydrogens (tertiary/aromatic N) is 2. The molecule has 1 saturated heterocycles. The van der Waals surface area contributed by atoms with Crippen molar-refractivity contribution in [3.05, 3.63) is 58.4 Å². The molecule has 1 atom stereocenters. The number of aryl methyl sites for hydroxylation is 3. The Morgan fingerprint density at radius 3 is 2.96 bits per heavy atom. The van der Waals surface area contributed by atoms with Gasteiger partial charge >= 0.3 is 0 Å². The number of rotatable bonds is 3. The summed E-state index contributed by atoms with van der Waals surface area (Å²) in [4.78, 5) is 19.2. The van der Waals surface area contributed by atoms with E-state index in [4.69, 9.17) is 10.5 Å². The standard InChI is InChI=1S/C21H25N3O2/c1-14-9-18(22)12-19(23-14)20-13-24(7-8-26-20)21(25)11-15-5-6-16-3-2-4-17(16)10-15/h5-6,9-10,12,20H,2-4,7-8,11,13H2,1H3,(H2,22,23). The molecule has 1 aliphatic heterocycles. The second kappa shape index (κ2) is 7.08. The molecule has 2 aliphatic rings. The first-order chi connectivity index (χ1) is 12.6. The average Bonchev–Trinajstić information content (AvgIpc) is 3.09. The number of aromatic nitrogens is 1. The number of carbonyl (C=O) groups excluding carboxylic acids is 1. The van der Waals surface area contributed by atoms with Crippen LogP contribution in [0.3, 0.4) is 0 Å². The highest BCUT2D eigenvalue weighted by Crippen LogP contribution is 2.25. The number of nitrogen functional groups attached to an aromatic ring is 1. The molecule has 136 valence electrons. The molecule has 0 radical (unpaired) electrons. The maximum atomic E-state index is 12.8. The number of ether oxygens (including phenoxy) is 1. The van der Waals surface area contributed by atoms with Crippen molar-refractivity contribution < 1.29 is 9.53 Å². The van der Waals surface area contributed by atoms with Crippen LogP contribution in [-0.2, 0) is 28.8 Å². The Morgan fingerprint density at radius 1 is 1.27 bits per heavy atom. The minimum absolute atomic E-state index is 0.150. The summed E-state index contributed by atoms with van der Waals surface area (Å²) in [6, 6.07) is 10.2. The summed E-state index contributed by atoms with van der Waals surface area (Å²) in [5, 5.41) is 0. The van der Waals surface area contributed by atoms with Gasteiger partial charge in [-0.2, -0.15) is 0 Å². The van der Waals surface area contributed by atoms with Crippen molar-refractivity contribution in [1.29, 1.82) is 0 Å². The highest BCUT2D eigenvalue weighted by molar-refractivity contribution is 5.79. The maximum Gasteiger partial charge on any atom is 0.227 e. The Morgan fingerprint density at radius 2 is 2.12 bits per heavy atom. The van der Waals surface area contributed by atoms with E-state index in [0.717, 1.165) is 23.4 Å². The van der Waals surface area contributed by atoms with Crippen LogP contribution in [0.2, 0.25) is 0 Å². The third-order valence-corrected chi connectivity index (χ3v) is 5.26. The first-order valence-corrected chi connectivity index (χ1v) is 9.32. The zero-order chi connectivity index (χ0) is 18.1. The Hall–Kier alpha value is -2.40. The van der Waals surface area contributed by atoms with Gasteiger partial charge in [0.05, 0.1) is 25.3 Å². The number of hydrogen-bond donors (Lipinski definition) is 1. The molecule has 1 fully saturated rings. The van der Waals surface area contributed by atoms with Crippen molar-refractivity contribution in [2.24, 2.45) is 0 Å². The molecule has 0 spiro atoms. The molecule has 0 bridgehead atoms. The smallest absolute Gasteiger partial charge is 0.227 e. The van der Waals surface area contributed by atoms with Crippen LogP contribution < -0.4 is 5.73 Å². The molecule has 1 unspecified atom stereocenters. The lowest BCUT2D eigenvalue weighted by Crippen LogP contribution is -2.43. The molecule has 1 aliphatic carbocycles. The SMILES string of the molecule is Cc1cc(N)cc(C2CN(C(=O)Cc3ccc4c(c3)CCC4)CCO2)n1. The number of fused-ring (bicyclic) bond motifs is 1. The lowest BCUT2D eigenvalue weighted by atomic mass is 10.0. The van der Waals surface area contributed by atoms with Crippen LogP contribution in [0.1, 0.15) is 40.6 Å². The predicted octanol–water partition coefficient (Wildman–Crippen LogP) is 2.60. The molecule has 2 N–H and O–H groups in total. The van der Waals surface area contributed by atoms with Crippen LogP contribution in [0.15, 0.2) is 30.3 Å². The van der Waals surface area contributed by atoms with Gasteiger partial charge in [0.25, 0.3) is 0 Å². The van der Waals surface area contributed by atoms with Gasteiger partial charge < -0.3 is 15.4 Å². The third-order valence-electron chi connectivity index (χ3n) is 5.26. The minimum atomic E-state index is -0.213. The van der Waals surface area contributed by atoms with Crippen molar-refractivity contribution in [2.75, 3.05) is 25.4 Å². The van der Waals surface area contributed by atoms with Gasteiger partial charge in [0, 0.05) is 17.9 Å². The molecule has 0 saturated carbocycles. The normalized spacial score (nSPS) is 19.4. The summed E-state index contributed by atoms with van der Waals surface area (Å²) >= 11 is 0. The Balaban J connectivity index is 1.44. The molecular formula is C21H25N3O2. The molecule has 5 heteroatoms. The van der Waals surface area contributed by atoms with Gasteiger partial charge in [-0.3, -0.25) is 9.78 Å². The fourth-order valence-electron chi connectivity index (χ4n) is 3.96. The van der Waals surface area contributed by atoms with Gasteiger partial charge in [0.1, 0.15) is 6.10 Å². The summed E-state index contributed by atoms with van der Waals surface area (Å²) in [5.41, 5.74) is 12.2. The zero-order valence-corrected chi connectivity index (χ0v) is 15.2. The lowest BCUT2D eigenvalue weighted by Gasteiger charge is -2.33. The Labute approximate surface area is 154 Å². The highest BCUT2D eigenvalue weighted by atomic mass is 16.5. The maximum absolute atomic E-state index is 12.8. The average molecular weight is 351 g/mol. The number of hydrogen-bond acceptors (Lipinski definition) is 4. The van der Waals surface area contributed by atoms with Gasteiger partial charge in [-0.05, 0) is 55.0 Å². The van der Waals surface area contributed by atoms with E-state index < -0.39 is 0 Å². The van der Waals surface area contributed by atoms with Crippen LogP contribution in [-0.4, -0.2) is 35.5 Å². The number of amides is 1.